The number of nitrogens with zero attached hydrogens (tertiary/aromatic N) is 2. The predicted molar refractivity (Wildman–Crippen MR) is 71.1 cm³/mol. The Morgan fingerprint density at radius 2 is 2.05 bits per heavy atom. The number of carboxylic acid groups (broad SMARTS) is 1. The molecule has 1 aromatic rings. The Labute approximate surface area is 121 Å². The summed E-state index contributed by atoms with van der Waals surface area (Å²) >= 11 is 3.05. The van der Waals surface area contributed by atoms with E-state index in [0.717, 1.165) is 17.1 Å². The lowest BCUT2D eigenvalue weighted by Crippen LogP contribution is -2.20. The van der Waals surface area contributed by atoms with Gasteiger partial charge in [0.05, 0.1) is 17.0 Å². The number of benzene rings is 1. The maximum atomic E-state index is 11.7. The molecule has 0 unspecified atom stereocenters. The van der Waals surface area contributed by atoms with E-state index in [4.69, 9.17) is 9.66 Å². The lowest BCUT2D eigenvalue weighted by molar-refractivity contribution is -0.129. The fraction of sp³-hybridized carbons (Fsp3) is 0.100. The average molecular weight is 363 g/mol. The van der Waals surface area contributed by atoms with Crippen LogP contribution in [0.15, 0.2) is 32.7 Å². The summed E-state index contributed by atoms with van der Waals surface area (Å²) in [5.41, 5.74) is -0.126. The molecule has 0 saturated carbocycles. The largest absolute Gasteiger partial charge is 0.477 e. The Kier molecular flexibility index (Phi) is 3.63. The van der Waals surface area contributed by atoms with Gasteiger partial charge in [-0.2, -0.15) is 18.5 Å². The number of hydrogen-bond donors (Lipinski definition) is 2. The molecule has 1 heterocycles. The van der Waals surface area contributed by atoms with Crippen molar-refractivity contribution in [3.63, 3.8) is 0 Å². The lowest BCUT2D eigenvalue weighted by atomic mass is 10.2. The number of aliphatic carboxylic acids is 1. The monoisotopic (exact) mass is 362 g/mol. The first-order chi connectivity index (χ1) is 9.20. The van der Waals surface area contributed by atoms with Crippen LogP contribution in [0.2, 0.25) is 0 Å². The molecule has 1 aromatic carbocycles. The highest BCUT2D eigenvalue weighted by molar-refractivity contribution is 9.10. The number of hydrogen-bond acceptors (Lipinski definition) is 5. The van der Waals surface area contributed by atoms with Gasteiger partial charge in [-0.1, -0.05) is 0 Å². The molecule has 8 nitrogen and oxygen atoms in total. The molecular formula is C10H7BrN2O6S. The van der Waals surface area contributed by atoms with E-state index in [2.05, 4.69) is 21.0 Å². The van der Waals surface area contributed by atoms with E-state index in [0.29, 0.717) is 0 Å². The second kappa shape index (κ2) is 4.96. The lowest BCUT2D eigenvalue weighted by Gasteiger charge is -2.13. The molecule has 0 aromatic heterocycles. The Morgan fingerprint density at radius 1 is 1.40 bits per heavy atom. The molecule has 2 rings (SSSR count). The van der Waals surface area contributed by atoms with E-state index in [-0.39, 0.29) is 27.2 Å². The Morgan fingerprint density at radius 3 is 2.50 bits per heavy atom. The van der Waals surface area contributed by atoms with Crippen molar-refractivity contribution in [2.45, 2.75) is 11.3 Å². The van der Waals surface area contributed by atoms with Crippen molar-refractivity contribution in [2.24, 2.45) is 5.10 Å². The van der Waals surface area contributed by atoms with Crippen LogP contribution in [0.25, 0.3) is 0 Å². The third-order valence-corrected chi connectivity index (χ3v) is 3.95. The maximum Gasteiger partial charge on any atom is 0.352 e. The van der Waals surface area contributed by atoms with E-state index in [1.54, 1.807) is 0 Å². The minimum atomic E-state index is -4.37. The Balaban J connectivity index is 2.45. The zero-order valence-electron chi connectivity index (χ0n) is 9.65. The third-order valence-electron chi connectivity index (χ3n) is 2.47. The van der Waals surface area contributed by atoms with Gasteiger partial charge in [0.1, 0.15) is 0 Å². The first kappa shape index (κ1) is 14.6. The Hall–Kier alpha value is -1.78. The summed E-state index contributed by atoms with van der Waals surface area (Å²) in [5.74, 6) is -1.85. The minimum absolute atomic E-state index is 0.177. The summed E-state index contributed by atoms with van der Waals surface area (Å²) in [7, 11) is -4.37. The highest BCUT2D eigenvalue weighted by Gasteiger charge is 2.30. The smallest absolute Gasteiger partial charge is 0.352 e. The molecule has 0 saturated heterocycles. The molecule has 0 fully saturated rings. The summed E-state index contributed by atoms with van der Waals surface area (Å²) in [6, 6.07) is 3.41. The van der Waals surface area contributed by atoms with Gasteiger partial charge in [-0.15, -0.1) is 0 Å². The van der Waals surface area contributed by atoms with Gasteiger partial charge < -0.3 is 5.11 Å². The van der Waals surface area contributed by atoms with Crippen LogP contribution in [0.4, 0.5) is 5.69 Å². The predicted octanol–water partition coefficient (Wildman–Crippen LogP) is 0.873. The van der Waals surface area contributed by atoms with E-state index in [1.807, 2.05) is 0 Å². The fourth-order valence-corrected chi connectivity index (χ4v) is 2.76. The average Bonchev–Trinajstić information content (AvgIpc) is 2.70. The van der Waals surface area contributed by atoms with E-state index < -0.39 is 22.0 Å². The second-order valence-corrected chi connectivity index (χ2v) is 6.10. The molecule has 0 spiro atoms. The number of carbonyl (C=O) groups is 2. The van der Waals surface area contributed by atoms with Gasteiger partial charge >= 0.3 is 5.97 Å². The molecule has 0 bridgehead atoms. The van der Waals surface area contributed by atoms with Gasteiger partial charge in [-0.05, 0) is 34.1 Å². The summed E-state index contributed by atoms with van der Waals surface area (Å²) < 4.78 is 31.0. The molecule has 1 aliphatic rings. The topological polar surface area (TPSA) is 124 Å². The molecule has 0 aliphatic carbocycles. The first-order valence-electron chi connectivity index (χ1n) is 5.11. The highest BCUT2D eigenvalue weighted by atomic mass is 79.9. The molecule has 20 heavy (non-hydrogen) atoms. The fourth-order valence-electron chi connectivity index (χ4n) is 1.56. The van der Waals surface area contributed by atoms with Gasteiger partial charge in [-0.25, -0.2) is 4.79 Å². The maximum absolute atomic E-state index is 11.7. The van der Waals surface area contributed by atoms with Crippen LogP contribution in [0.5, 0.6) is 0 Å². The van der Waals surface area contributed by atoms with E-state index in [9.17, 15) is 18.0 Å². The summed E-state index contributed by atoms with van der Waals surface area (Å²) in [6.45, 7) is 0. The van der Waals surface area contributed by atoms with Gasteiger partial charge in [0.2, 0.25) is 0 Å². The van der Waals surface area contributed by atoms with E-state index in [1.165, 1.54) is 6.07 Å². The van der Waals surface area contributed by atoms with Gasteiger partial charge in [0.15, 0.2) is 5.71 Å². The van der Waals surface area contributed by atoms with Crippen molar-refractivity contribution < 1.29 is 27.7 Å². The van der Waals surface area contributed by atoms with Crippen LogP contribution in [-0.4, -0.2) is 35.7 Å². The van der Waals surface area contributed by atoms with Crippen LogP contribution in [0.3, 0.4) is 0 Å². The highest BCUT2D eigenvalue weighted by Crippen LogP contribution is 2.31. The van der Waals surface area contributed by atoms with Crippen LogP contribution < -0.4 is 5.01 Å². The molecule has 2 N–H and O–H groups in total. The van der Waals surface area contributed by atoms with E-state index >= 15 is 0 Å². The molecule has 1 amide bonds. The SMILES string of the molecule is O=C(O)C1=NN(c2ccc(S(=O)(=O)O)cc2Br)C(=O)C1. The number of anilines is 1. The third kappa shape index (κ3) is 2.71. The number of carbonyl (C=O) groups excluding carboxylic acids is 1. The summed E-state index contributed by atoms with van der Waals surface area (Å²) in [4.78, 5) is 22.1. The minimum Gasteiger partial charge on any atom is -0.477 e. The molecule has 106 valence electrons. The van der Waals surface area contributed by atoms with Crippen LogP contribution in [0.1, 0.15) is 6.42 Å². The van der Waals surface area contributed by atoms with Crippen molar-refractivity contribution in [3.8, 4) is 0 Å². The van der Waals surface area contributed by atoms with Crippen molar-refractivity contribution in [1.29, 1.82) is 0 Å². The zero-order valence-corrected chi connectivity index (χ0v) is 12.0. The van der Waals surface area contributed by atoms with Crippen molar-refractivity contribution >= 4 is 49.3 Å². The quantitative estimate of drug-likeness (QED) is 0.768. The second-order valence-electron chi connectivity index (χ2n) is 3.82. The number of halogens is 1. The number of amides is 1. The van der Waals surface area contributed by atoms with Crippen LogP contribution in [0, 0.1) is 0 Å². The molecule has 10 heteroatoms. The standard InChI is InChI=1S/C10H7BrN2O6S/c11-6-3-5(20(17,18)19)1-2-8(6)13-9(14)4-7(12-13)10(15)16/h1-3H,4H2,(H,15,16)(H,17,18,19). The number of rotatable bonds is 3. The van der Waals surface area contributed by atoms with Crippen LogP contribution >= 0.6 is 15.9 Å². The van der Waals surface area contributed by atoms with Gasteiger partial charge in [0, 0.05) is 4.47 Å². The van der Waals surface area contributed by atoms with Crippen LogP contribution in [-0.2, 0) is 19.7 Å². The van der Waals surface area contributed by atoms with Gasteiger partial charge in [-0.3, -0.25) is 9.35 Å². The van der Waals surface area contributed by atoms with Crippen molar-refractivity contribution in [3.05, 3.63) is 22.7 Å². The first-order valence-corrected chi connectivity index (χ1v) is 7.34. The number of carboxylic acids is 1. The summed E-state index contributed by atoms with van der Waals surface area (Å²) in [6.07, 6.45) is -0.345. The molecule has 0 atom stereocenters. The molecular weight excluding hydrogens is 356 g/mol. The number of hydrazone groups is 1. The summed E-state index contributed by atoms with van der Waals surface area (Å²) in [5, 5.41) is 13.3. The molecule has 1 aliphatic heterocycles. The van der Waals surface area contributed by atoms with Gasteiger partial charge in [0.25, 0.3) is 16.0 Å². The normalized spacial score (nSPS) is 15.4. The molecule has 0 radical (unpaired) electrons. The zero-order chi connectivity index (χ0) is 15.1. The van der Waals surface area contributed by atoms with Crippen molar-refractivity contribution in [2.75, 3.05) is 5.01 Å². The Bertz CT molecular complexity index is 742. The van der Waals surface area contributed by atoms with Crippen molar-refractivity contribution in [1.82, 2.24) is 0 Å².